The highest BCUT2D eigenvalue weighted by Gasteiger charge is 2.01. The summed E-state index contributed by atoms with van der Waals surface area (Å²) in [7, 11) is 3.53. The summed E-state index contributed by atoms with van der Waals surface area (Å²) < 4.78 is 0. The quantitative estimate of drug-likeness (QED) is 0.756. The van der Waals surface area contributed by atoms with Crippen LogP contribution in [0.2, 0.25) is 0 Å². The van der Waals surface area contributed by atoms with Crippen LogP contribution in [0.3, 0.4) is 0 Å². The number of anilines is 1. The van der Waals surface area contributed by atoms with E-state index in [0.29, 0.717) is 0 Å². The third-order valence-corrected chi connectivity index (χ3v) is 1.81. The molecule has 1 aromatic rings. The number of aliphatic imine (C=N–C) groups is 2. The molecule has 1 N–H and O–H groups in total. The zero-order valence-electron chi connectivity index (χ0n) is 8.94. The first-order valence-electron chi connectivity index (χ1n) is 4.58. The van der Waals surface area contributed by atoms with Gasteiger partial charge in [-0.05, 0) is 12.1 Å². The molecule has 0 radical (unpaired) electrons. The molecule has 1 rings (SSSR count). The number of rotatable bonds is 4. The lowest BCUT2D eigenvalue weighted by Gasteiger charge is -2.02. The maximum atomic E-state index is 4.35. The van der Waals surface area contributed by atoms with Crippen LogP contribution in [-0.4, -0.2) is 31.0 Å². The van der Waals surface area contributed by atoms with E-state index in [1.54, 1.807) is 13.3 Å². The zero-order valence-corrected chi connectivity index (χ0v) is 8.94. The fourth-order valence-corrected chi connectivity index (χ4v) is 1.08. The van der Waals surface area contributed by atoms with Crippen molar-refractivity contribution in [2.24, 2.45) is 9.98 Å². The molecular formula is C11H14N4. The largest absolute Gasteiger partial charge is 0.373 e. The van der Waals surface area contributed by atoms with E-state index in [1.807, 2.05) is 25.2 Å². The van der Waals surface area contributed by atoms with E-state index in [0.717, 1.165) is 17.2 Å². The molecule has 0 aliphatic carbocycles. The van der Waals surface area contributed by atoms with Crippen molar-refractivity contribution in [2.75, 3.05) is 19.4 Å². The van der Waals surface area contributed by atoms with Crippen LogP contribution >= 0.6 is 0 Å². The Kier molecular flexibility index (Phi) is 4.22. The van der Waals surface area contributed by atoms with E-state index >= 15 is 0 Å². The van der Waals surface area contributed by atoms with Gasteiger partial charge in [0, 0.05) is 20.3 Å². The average Bonchev–Trinajstić information content (AvgIpc) is 2.30. The van der Waals surface area contributed by atoms with Crippen LogP contribution in [-0.2, 0) is 0 Å². The molecule has 15 heavy (non-hydrogen) atoms. The van der Waals surface area contributed by atoms with Crippen molar-refractivity contribution in [3.63, 3.8) is 0 Å². The van der Waals surface area contributed by atoms with Crippen molar-refractivity contribution in [1.82, 2.24) is 4.98 Å². The minimum Gasteiger partial charge on any atom is -0.373 e. The molecule has 0 aliphatic rings. The Morgan fingerprint density at radius 3 is 2.93 bits per heavy atom. The van der Waals surface area contributed by atoms with Gasteiger partial charge >= 0.3 is 0 Å². The van der Waals surface area contributed by atoms with Gasteiger partial charge in [0.1, 0.15) is 11.5 Å². The van der Waals surface area contributed by atoms with Gasteiger partial charge in [0.2, 0.25) is 0 Å². The predicted molar refractivity (Wildman–Crippen MR) is 64.9 cm³/mol. The Morgan fingerprint density at radius 2 is 2.33 bits per heavy atom. The number of nitrogens with one attached hydrogen (secondary N) is 1. The van der Waals surface area contributed by atoms with Gasteiger partial charge in [-0.15, -0.1) is 0 Å². The predicted octanol–water partition coefficient (Wildman–Crippen LogP) is 1.76. The van der Waals surface area contributed by atoms with Gasteiger partial charge in [0.15, 0.2) is 0 Å². The molecule has 0 aliphatic heterocycles. The monoisotopic (exact) mass is 202 g/mol. The van der Waals surface area contributed by atoms with Crippen molar-refractivity contribution < 1.29 is 0 Å². The molecule has 1 aromatic heterocycles. The van der Waals surface area contributed by atoms with Gasteiger partial charge in [-0.25, -0.2) is 4.98 Å². The summed E-state index contributed by atoms with van der Waals surface area (Å²) >= 11 is 0. The highest BCUT2D eigenvalue weighted by atomic mass is 15.0. The van der Waals surface area contributed by atoms with E-state index in [-0.39, 0.29) is 0 Å². The highest BCUT2D eigenvalue weighted by Crippen LogP contribution is 2.04. The summed E-state index contributed by atoms with van der Waals surface area (Å²) in [6, 6.07) is 5.70. The highest BCUT2D eigenvalue weighted by molar-refractivity contribution is 6.37. The van der Waals surface area contributed by atoms with Gasteiger partial charge in [0.25, 0.3) is 0 Å². The fourth-order valence-electron chi connectivity index (χ4n) is 1.08. The molecule has 1 heterocycles. The van der Waals surface area contributed by atoms with Crippen molar-refractivity contribution in [3.8, 4) is 0 Å². The summed E-state index contributed by atoms with van der Waals surface area (Å²) in [6.07, 6.45) is 3.10. The van der Waals surface area contributed by atoms with E-state index < -0.39 is 0 Å². The third-order valence-electron chi connectivity index (χ3n) is 1.81. The van der Waals surface area contributed by atoms with Crippen molar-refractivity contribution in [3.05, 3.63) is 36.7 Å². The van der Waals surface area contributed by atoms with Gasteiger partial charge < -0.3 is 5.32 Å². The van der Waals surface area contributed by atoms with Crippen molar-refractivity contribution >= 4 is 17.7 Å². The second kappa shape index (κ2) is 5.70. The Morgan fingerprint density at radius 1 is 1.53 bits per heavy atom. The van der Waals surface area contributed by atoms with Gasteiger partial charge in [-0.3, -0.25) is 9.98 Å². The Balaban J connectivity index is 3.02. The van der Waals surface area contributed by atoms with Crippen LogP contribution in [0.5, 0.6) is 0 Å². The summed E-state index contributed by atoms with van der Waals surface area (Å²) in [5.74, 6) is 0.806. The molecule has 0 saturated heterocycles. The van der Waals surface area contributed by atoms with Crippen LogP contribution in [0.1, 0.15) is 5.69 Å². The molecule has 0 saturated carbocycles. The lowest BCUT2D eigenvalue weighted by Crippen LogP contribution is -2.06. The zero-order chi connectivity index (χ0) is 11.1. The molecular weight excluding hydrogens is 188 g/mol. The lowest BCUT2D eigenvalue weighted by atomic mass is 10.2. The average molecular weight is 202 g/mol. The second-order valence-corrected chi connectivity index (χ2v) is 2.73. The number of nitrogens with zero attached hydrogens (tertiary/aromatic N) is 3. The van der Waals surface area contributed by atoms with Crippen molar-refractivity contribution in [1.29, 1.82) is 0 Å². The maximum absolute atomic E-state index is 4.35. The molecule has 0 fully saturated rings. The van der Waals surface area contributed by atoms with Crippen LogP contribution in [0.15, 0.2) is 41.0 Å². The van der Waals surface area contributed by atoms with Crippen LogP contribution in [0.25, 0.3) is 0 Å². The number of hydrogen-bond donors (Lipinski definition) is 1. The molecule has 0 unspecified atom stereocenters. The minimum absolute atomic E-state index is 0.729. The minimum atomic E-state index is 0.729. The standard InChI is InChI=1S/C11H14N4/c1-4-14-8-10(12-2)9-6-5-7-11(13-3)15-9/h4-8H,1H2,2-3H3,(H,13,15). The SMILES string of the molecule is C=CN=CC(=NC)c1cccc(NC)n1. The van der Waals surface area contributed by atoms with E-state index in [4.69, 9.17) is 0 Å². The Labute approximate surface area is 89.5 Å². The fraction of sp³-hybridized carbons (Fsp3) is 0.182. The summed E-state index contributed by atoms with van der Waals surface area (Å²) in [5, 5.41) is 2.97. The van der Waals surface area contributed by atoms with Gasteiger partial charge in [-0.1, -0.05) is 12.6 Å². The molecule has 4 nitrogen and oxygen atoms in total. The number of aromatic nitrogens is 1. The normalized spacial score (nSPS) is 11.7. The topological polar surface area (TPSA) is 49.6 Å². The molecule has 78 valence electrons. The van der Waals surface area contributed by atoms with E-state index in [1.165, 1.54) is 6.20 Å². The van der Waals surface area contributed by atoms with Gasteiger partial charge in [-0.2, -0.15) is 0 Å². The van der Waals surface area contributed by atoms with E-state index in [2.05, 4.69) is 26.9 Å². The third kappa shape index (κ3) is 3.02. The van der Waals surface area contributed by atoms with E-state index in [9.17, 15) is 0 Å². The maximum Gasteiger partial charge on any atom is 0.126 e. The van der Waals surface area contributed by atoms with Crippen LogP contribution < -0.4 is 5.32 Å². The first kappa shape index (κ1) is 11.1. The smallest absolute Gasteiger partial charge is 0.126 e. The Hall–Kier alpha value is -1.97. The number of hydrogen-bond acceptors (Lipinski definition) is 4. The van der Waals surface area contributed by atoms with Gasteiger partial charge in [0.05, 0.1) is 11.9 Å². The van der Waals surface area contributed by atoms with Crippen LogP contribution in [0.4, 0.5) is 5.82 Å². The summed E-state index contributed by atoms with van der Waals surface area (Å²) in [4.78, 5) is 12.4. The Bertz CT molecular complexity index is 393. The van der Waals surface area contributed by atoms with Crippen LogP contribution in [0, 0.1) is 0 Å². The van der Waals surface area contributed by atoms with Crippen molar-refractivity contribution in [2.45, 2.75) is 0 Å². The molecule has 4 heteroatoms. The summed E-state index contributed by atoms with van der Waals surface area (Å²) in [5.41, 5.74) is 1.52. The molecule has 0 aromatic carbocycles. The first-order valence-corrected chi connectivity index (χ1v) is 4.58. The molecule has 0 bridgehead atoms. The first-order chi connectivity index (χ1) is 7.31. The second-order valence-electron chi connectivity index (χ2n) is 2.73. The lowest BCUT2D eigenvalue weighted by molar-refractivity contribution is 1.26. The number of pyridine rings is 1. The molecule has 0 spiro atoms. The molecule has 0 atom stereocenters. The summed E-state index contributed by atoms with van der Waals surface area (Å²) in [6.45, 7) is 3.51. The molecule has 0 amide bonds.